The molecular formula is C60H52N6. The molecule has 2 aliphatic carbocycles. The van der Waals surface area contributed by atoms with E-state index in [1.807, 2.05) is 72.8 Å². The first-order valence-electron chi connectivity index (χ1n) is 23.8. The van der Waals surface area contributed by atoms with Gasteiger partial charge >= 0.3 is 0 Å². The van der Waals surface area contributed by atoms with E-state index in [1.165, 1.54) is 97.6 Å². The maximum atomic E-state index is 5.13. The predicted molar refractivity (Wildman–Crippen MR) is 268 cm³/mol. The lowest BCUT2D eigenvalue weighted by atomic mass is 9.75. The summed E-state index contributed by atoms with van der Waals surface area (Å²) >= 11 is 0. The number of nitrogens with zero attached hydrogens (tertiary/aromatic N) is 6. The molecule has 0 N–H and O–H groups in total. The topological polar surface area (TPSA) is 77.3 Å². The van der Waals surface area contributed by atoms with E-state index in [1.54, 1.807) is 0 Å². The Morgan fingerprint density at radius 1 is 0.242 bits per heavy atom. The van der Waals surface area contributed by atoms with E-state index in [0.717, 1.165) is 33.4 Å². The van der Waals surface area contributed by atoms with E-state index in [9.17, 15) is 0 Å². The lowest BCUT2D eigenvalue weighted by Crippen LogP contribution is -2.11. The maximum Gasteiger partial charge on any atom is 0.164 e. The first-order chi connectivity index (χ1) is 32.7. The summed E-state index contributed by atoms with van der Waals surface area (Å²) in [7, 11) is 0. The Labute approximate surface area is 388 Å². The summed E-state index contributed by atoms with van der Waals surface area (Å²) in [6, 6.07) is 64.0. The van der Waals surface area contributed by atoms with Gasteiger partial charge < -0.3 is 0 Å². The molecule has 0 amide bonds. The van der Waals surface area contributed by atoms with Gasteiger partial charge in [0.05, 0.1) is 0 Å². The molecule has 66 heavy (non-hydrogen) atoms. The Kier molecular flexibility index (Phi) is 11.9. The van der Waals surface area contributed by atoms with Crippen LogP contribution >= 0.6 is 0 Å². The Morgan fingerprint density at radius 2 is 0.500 bits per heavy atom. The minimum absolute atomic E-state index is 0.469. The molecule has 0 unspecified atom stereocenters. The zero-order valence-corrected chi connectivity index (χ0v) is 37.2. The predicted octanol–water partition coefficient (Wildman–Crippen LogP) is 15.5. The normalized spacial score (nSPS) is 14.5. The van der Waals surface area contributed by atoms with Crippen LogP contribution in [-0.2, 0) is 0 Å². The monoisotopic (exact) mass is 856 g/mol. The third-order valence-electron chi connectivity index (χ3n) is 13.6. The van der Waals surface area contributed by atoms with Crippen LogP contribution in [0.2, 0.25) is 0 Å². The van der Waals surface area contributed by atoms with Crippen LogP contribution in [0.4, 0.5) is 0 Å². The van der Waals surface area contributed by atoms with Crippen LogP contribution in [0.15, 0.2) is 182 Å². The lowest BCUT2D eigenvalue weighted by Gasteiger charge is -2.30. The van der Waals surface area contributed by atoms with Crippen LogP contribution in [0.25, 0.3) is 90.6 Å². The van der Waals surface area contributed by atoms with Crippen molar-refractivity contribution >= 4 is 0 Å². The minimum Gasteiger partial charge on any atom is -0.208 e. The summed E-state index contributed by atoms with van der Waals surface area (Å²) in [4.78, 5) is 30.5. The molecule has 0 aliphatic heterocycles. The quantitative estimate of drug-likeness (QED) is 0.136. The fourth-order valence-corrected chi connectivity index (χ4v) is 10.2. The Hall–Kier alpha value is -7.44. The first kappa shape index (κ1) is 41.3. The van der Waals surface area contributed by atoms with Crippen molar-refractivity contribution in [3.8, 4) is 90.6 Å². The van der Waals surface area contributed by atoms with E-state index >= 15 is 0 Å². The van der Waals surface area contributed by atoms with Crippen LogP contribution in [0.1, 0.15) is 87.2 Å². The number of hydrogen-bond acceptors (Lipinski definition) is 6. The summed E-state index contributed by atoms with van der Waals surface area (Å²) in [6.07, 6.45) is 12.4. The van der Waals surface area contributed by atoms with Crippen molar-refractivity contribution in [1.29, 1.82) is 0 Å². The molecule has 2 aliphatic rings. The summed E-state index contributed by atoms with van der Waals surface area (Å²) in [5, 5.41) is 0. The van der Waals surface area contributed by atoms with Crippen molar-refractivity contribution in [3.05, 3.63) is 193 Å². The van der Waals surface area contributed by atoms with E-state index in [-0.39, 0.29) is 0 Å². The van der Waals surface area contributed by atoms with Gasteiger partial charge in [-0.1, -0.05) is 196 Å². The van der Waals surface area contributed by atoms with Gasteiger partial charge in [0.25, 0.3) is 0 Å². The molecule has 0 atom stereocenters. The highest BCUT2D eigenvalue weighted by atomic mass is 15.0. The molecule has 2 fully saturated rings. The van der Waals surface area contributed by atoms with Crippen LogP contribution in [0, 0.1) is 0 Å². The number of hydrogen-bond donors (Lipinski definition) is 0. The van der Waals surface area contributed by atoms with Crippen molar-refractivity contribution in [2.75, 3.05) is 0 Å². The molecule has 0 bridgehead atoms. The van der Waals surface area contributed by atoms with Crippen LogP contribution < -0.4 is 0 Å². The van der Waals surface area contributed by atoms with Gasteiger partial charge in [-0.3, -0.25) is 0 Å². The largest absolute Gasteiger partial charge is 0.208 e. The lowest BCUT2D eigenvalue weighted by molar-refractivity contribution is 0.440. The zero-order chi connectivity index (χ0) is 44.1. The molecule has 322 valence electrons. The van der Waals surface area contributed by atoms with E-state index in [0.29, 0.717) is 46.8 Å². The van der Waals surface area contributed by atoms with Crippen molar-refractivity contribution in [1.82, 2.24) is 29.9 Å². The van der Waals surface area contributed by atoms with Crippen LogP contribution in [0.3, 0.4) is 0 Å². The fraction of sp³-hybridized carbons (Fsp3) is 0.200. The smallest absolute Gasteiger partial charge is 0.164 e. The summed E-state index contributed by atoms with van der Waals surface area (Å²) < 4.78 is 0. The van der Waals surface area contributed by atoms with Crippen LogP contribution in [0.5, 0.6) is 0 Å². The van der Waals surface area contributed by atoms with Gasteiger partial charge in [0.1, 0.15) is 0 Å². The highest BCUT2D eigenvalue weighted by molar-refractivity contribution is 5.82. The highest BCUT2D eigenvalue weighted by Gasteiger charge is 2.27. The van der Waals surface area contributed by atoms with E-state index < -0.39 is 0 Å². The van der Waals surface area contributed by atoms with Gasteiger partial charge in [-0.2, -0.15) is 0 Å². The maximum absolute atomic E-state index is 5.13. The molecule has 6 nitrogen and oxygen atoms in total. The average molecular weight is 857 g/mol. The second-order valence-electron chi connectivity index (χ2n) is 17.9. The molecule has 11 rings (SSSR count). The van der Waals surface area contributed by atoms with Gasteiger partial charge in [0, 0.05) is 33.4 Å². The molecule has 0 radical (unpaired) electrons. The van der Waals surface area contributed by atoms with Gasteiger partial charge in [0.2, 0.25) is 0 Å². The Bertz CT molecular complexity index is 2760. The second kappa shape index (κ2) is 19.0. The van der Waals surface area contributed by atoms with Gasteiger partial charge in [0.15, 0.2) is 34.9 Å². The summed E-state index contributed by atoms with van der Waals surface area (Å²) in [6.45, 7) is 0. The molecule has 0 saturated heterocycles. The average Bonchev–Trinajstić information content (AvgIpc) is 3.42. The van der Waals surface area contributed by atoms with Crippen molar-refractivity contribution in [2.45, 2.75) is 76.0 Å². The molecule has 7 aromatic carbocycles. The third-order valence-corrected chi connectivity index (χ3v) is 13.6. The van der Waals surface area contributed by atoms with Crippen LogP contribution in [-0.4, -0.2) is 29.9 Å². The fourth-order valence-electron chi connectivity index (χ4n) is 10.2. The highest BCUT2D eigenvalue weighted by Crippen LogP contribution is 2.46. The molecule has 9 aromatic rings. The second-order valence-corrected chi connectivity index (χ2v) is 17.9. The molecule has 0 spiro atoms. The van der Waals surface area contributed by atoms with Gasteiger partial charge in [-0.25, -0.2) is 29.9 Å². The van der Waals surface area contributed by atoms with Gasteiger partial charge in [-0.05, 0) is 95.2 Å². The van der Waals surface area contributed by atoms with E-state index in [2.05, 4.69) is 109 Å². The Morgan fingerprint density at radius 3 is 0.803 bits per heavy atom. The summed E-state index contributed by atoms with van der Waals surface area (Å²) in [5.41, 5.74) is 13.8. The van der Waals surface area contributed by atoms with Crippen molar-refractivity contribution in [3.63, 3.8) is 0 Å². The number of benzene rings is 7. The molecule has 2 heterocycles. The molecule has 2 saturated carbocycles. The Balaban J connectivity index is 1.06. The molecule has 2 aromatic heterocycles. The van der Waals surface area contributed by atoms with E-state index in [4.69, 9.17) is 29.9 Å². The summed E-state index contributed by atoms with van der Waals surface area (Å²) in [5.74, 6) is 4.97. The third kappa shape index (κ3) is 8.84. The SMILES string of the molecule is c1ccc(-c2nc(-c3ccccc3)nc(-c3cccc(-c4cc(C5CCCCC5)c(-c5cccc(-c6nc(-c7ccccc7)nc(-c7ccccc7)n6)c5)cc4C4CCCCC4)c3)n2)cc1. The molecular weight excluding hydrogens is 805 g/mol. The standard InChI is InChI=1S/C60H52N6/c1-7-21-41(22-8-1)51-39-54(48-34-20-36-50(38-48)60-65-57(45-29-15-5-16-30-45)62-58(66-60)46-31-17-6-18-32-46)52(42-23-9-2-10-24-42)40-53(51)47-33-19-35-49(37-47)59-63-55(43-25-11-3-12-26-43)61-56(64-59)44-27-13-4-14-28-44/h3-6,11-20,25-42H,1-2,7-10,21-24H2. The van der Waals surface area contributed by atoms with Crippen molar-refractivity contribution in [2.24, 2.45) is 0 Å². The molecule has 6 heteroatoms. The number of aromatic nitrogens is 6. The van der Waals surface area contributed by atoms with Gasteiger partial charge in [-0.15, -0.1) is 0 Å². The zero-order valence-electron chi connectivity index (χ0n) is 37.2. The first-order valence-corrected chi connectivity index (χ1v) is 23.8. The van der Waals surface area contributed by atoms with Crippen molar-refractivity contribution < 1.29 is 0 Å². The minimum atomic E-state index is 0.469. The number of rotatable bonds is 10.